The largest absolute Gasteiger partial charge is 0.479 e. The van der Waals surface area contributed by atoms with Crippen LogP contribution in [0.1, 0.15) is 68.8 Å². The maximum atomic E-state index is 12.8. The Labute approximate surface area is 218 Å². The van der Waals surface area contributed by atoms with Crippen LogP contribution in [-0.4, -0.2) is 43.2 Å². The molecule has 0 aliphatic rings. The molecule has 0 aliphatic carbocycles. The van der Waals surface area contributed by atoms with Crippen molar-refractivity contribution in [2.24, 2.45) is 0 Å². The molecular formula is C28H36ClNO6. The van der Waals surface area contributed by atoms with Crippen molar-refractivity contribution >= 4 is 35.1 Å². The predicted octanol–water partition coefficient (Wildman–Crippen LogP) is 5.92. The van der Waals surface area contributed by atoms with E-state index in [1.54, 1.807) is 50.2 Å². The number of halogens is 1. The molecule has 0 fully saturated rings. The molecule has 0 saturated carbocycles. The molecule has 1 atom stereocenters. The van der Waals surface area contributed by atoms with Gasteiger partial charge in [0.1, 0.15) is 11.8 Å². The van der Waals surface area contributed by atoms with Crippen LogP contribution in [0.25, 0.3) is 0 Å². The zero-order valence-electron chi connectivity index (χ0n) is 21.3. The fraction of sp³-hybridized carbons (Fsp3) is 0.464. The SMILES string of the molecule is CCCC(Oc1ccc(N(CCl)C(=O)CCCCc2ccc(C(=O)OCC)cc2)cc1)C(=O)OCC. The highest BCUT2D eigenvalue weighted by Crippen LogP contribution is 2.23. The number of alkyl halides is 1. The summed E-state index contributed by atoms with van der Waals surface area (Å²) in [6.07, 6.45) is 3.41. The Morgan fingerprint density at radius 1 is 0.889 bits per heavy atom. The van der Waals surface area contributed by atoms with Crippen molar-refractivity contribution in [3.63, 3.8) is 0 Å². The number of carbonyl (C=O) groups excluding carboxylic acids is 3. The summed E-state index contributed by atoms with van der Waals surface area (Å²) in [7, 11) is 0. The Balaban J connectivity index is 1.85. The number of ether oxygens (including phenoxy) is 3. The average Bonchev–Trinajstić information content (AvgIpc) is 2.88. The lowest BCUT2D eigenvalue weighted by Gasteiger charge is -2.21. The lowest BCUT2D eigenvalue weighted by Crippen LogP contribution is -2.30. The van der Waals surface area contributed by atoms with Crippen LogP contribution in [-0.2, 0) is 25.5 Å². The van der Waals surface area contributed by atoms with Crippen molar-refractivity contribution in [2.75, 3.05) is 24.1 Å². The smallest absolute Gasteiger partial charge is 0.347 e. The Morgan fingerprint density at radius 3 is 2.14 bits per heavy atom. The van der Waals surface area contributed by atoms with Crippen LogP contribution in [0.15, 0.2) is 48.5 Å². The van der Waals surface area contributed by atoms with Crippen LogP contribution >= 0.6 is 11.6 Å². The molecular weight excluding hydrogens is 482 g/mol. The van der Waals surface area contributed by atoms with E-state index in [2.05, 4.69) is 0 Å². The van der Waals surface area contributed by atoms with Gasteiger partial charge in [0.2, 0.25) is 5.91 Å². The third-order valence-corrected chi connectivity index (χ3v) is 5.76. The van der Waals surface area contributed by atoms with Crippen molar-refractivity contribution in [3.8, 4) is 5.75 Å². The second kappa shape index (κ2) is 15.8. The van der Waals surface area contributed by atoms with E-state index in [0.717, 1.165) is 24.8 Å². The van der Waals surface area contributed by atoms with Gasteiger partial charge in [-0.05, 0) is 81.5 Å². The molecule has 8 heteroatoms. The van der Waals surface area contributed by atoms with Crippen LogP contribution < -0.4 is 9.64 Å². The van der Waals surface area contributed by atoms with Crippen LogP contribution in [0.3, 0.4) is 0 Å². The predicted molar refractivity (Wildman–Crippen MR) is 141 cm³/mol. The molecule has 0 radical (unpaired) electrons. The minimum absolute atomic E-state index is 0.0373. The second-order valence-electron chi connectivity index (χ2n) is 8.21. The highest BCUT2D eigenvalue weighted by molar-refractivity contribution is 6.21. The Kier molecular flexibility index (Phi) is 12.8. The van der Waals surface area contributed by atoms with E-state index in [1.807, 2.05) is 19.1 Å². The fourth-order valence-electron chi connectivity index (χ4n) is 3.63. The van der Waals surface area contributed by atoms with E-state index in [-0.39, 0.29) is 23.8 Å². The molecule has 0 heterocycles. The van der Waals surface area contributed by atoms with Gasteiger partial charge < -0.3 is 14.2 Å². The number of hydrogen-bond acceptors (Lipinski definition) is 6. The van der Waals surface area contributed by atoms with E-state index in [9.17, 15) is 14.4 Å². The average molecular weight is 518 g/mol. The summed E-state index contributed by atoms with van der Waals surface area (Å²) < 4.78 is 15.9. The first-order valence-electron chi connectivity index (χ1n) is 12.5. The van der Waals surface area contributed by atoms with E-state index in [4.69, 9.17) is 25.8 Å². The molecule has 0 N–H and O–H groups in total. The highest BCUT2D eigenvalue weighted by Gasteiger charge is 2.21. The van der Waals surface area contributed by atoms with Crippen molar-refractivity contribution < 1.29 is 28.6 Å². The van der Waals surface area contributed by atoms with Gasteiger partial charge in [-0.1, -0.05) is 25.5 Å². The van der Waals surface area contributed by atoms with Gasteiger partial charge in [-0.2, -0.15) is 0 Å². The van der Waals surface area contributed by atoms with Crippen LogP contribution in [0.5, 0.6) is 5.75 Å². The van der Waals surface area contributed by atoms with Crippen LogP contribution in [0, 0.1) is 0 Å². The number of unbranched alkanes of at least 4 members (excludes halogenated alkanes) is 1. The van der Waals surface area contributed by atoms with Gasteiger partial charge in [0.15, 0.2) is 6.10 Å². The fourth-order valence-corrected chi connectivity index (χ4v) is 3.90. The lowest BCUT2D eigenvalue weighted by atomic mass is 10.0. The summed E-state index contributed by atoms with van der Waals surface area (Å²) in [6.45, 7) is 6.17. The number of hydrogen-bond donors (Lipinski definition) is 0. The topological polar surface area (TPSA) is 82.1 Å². The molecule has 36 heavy (non-hydrogen) atoms. The van der Waals surface area contributed by atoms with Crippen molar-refractivity contribution in [1.82, 2.24) is 0 Å². The van der Waals surface area contributed by atoms with Crippen molar-refractivity contribution in [1.29, 1.82) is 0 Å². The Bertz CT molecular complexity index is 961. The molecule has 0 aromatic heterocycles. The lowest BCUT2D eigenvalue weighted by molar-refractivity contribution is -0.151. The monoisotopic (exact) mass is 517 g/mol. The van der Waals surface area contributed by atoms with Crippen molar-refractivity contribution in [2.45, 2.75) is 65.4 Å². The summed E-state index contributed by atoms with van der Waals surface area (Å²) >= 11 is 6.08. The van der Waals surface area contributed by atoms with Crippen LogP contribution in [0.4, 0.5) is 5.69 Å². The number of nitrogens with zero attached hydrogens (tertiary/aromatic N) is 1. The Morgan fingerprint density at radius 2 is 1.56 bits per heavy atom. The molecule has 196 valence electrons. The molecule has 0 aliphatic heterocycles. The summed E-state index contributed by atoms with van der Waals surface area (Å²) in [4.78, 5) is 38.1. The number of esters is 2. The zero-order valence-corrected chi connectivity index (χ0v) is 22.1. The van der Waals surface area contributed by atoms with Gasteiger partial charge >= 0.3 is 11.9 Å². The minimum Gasteiger partial charge on any atom is -0.479 e. The third-order valence-electron chi connectivity index (χ3n) is 5.52. The van der Waals surface area contributed by atoms with Crippen LogP contribution in [0.2, 0.25) is 0 Å². The maximum absolute atomic E-state index is 12.8. The first kappa shape index (κ1) is 29.2. The number of amides is 1. The second-order valence-corrected chi connectivity index (χ2v) is 8.45. The molecule has 0 bridgehead atoms. The van der Waals surface area contributed by atoms with Gasteiger partial charge in [-0.15, -0.1) is 11.6 Å². The van der Waals surface area contributed by atoms with Gasteiger partial charge in [0, 0.05) is 12.1 Å². The van der Waals surface area contributed by atoms with E-state index < -0.39 is 6.10 Å². The molecule has 2 aromatic carbocycles. The van der Waals surface area contributed by atoms with Gasteiger partial charge in [0.25, 0.3) is 0 Å². The van der Waals surface area contributed by atoms with E-state index in [0.29, 0.717) is 49.5 Å². The molecule has 7 nitrogen and oxygen atoms in total. The first-order chi connectivity index (χ1) is 17.4. The summed E-state index contributed by atoms with van der Waals surface area (Å²) in [5, 5.41) is 0. The van der Waals surface area contributed by atoms with E-state index in [1.165, 1.54) is 4.90 Å². The normalized spacial score (nSPS) is 11.4. The quantitative estimate of drug-likeness (QED) is 0.126. The number of carbonyl (C=O) groups is 3. The minimum atomic E-state index is -0.659. The first-order valence-corrected chi connectivity index (χ1v) is 13.0. The number of rotatable bonds is 15. The zero-order chi connectivity index (χ0) is 26.3. The summed E-state index contributed by atoms with van der Waals surface area (Å²) in [5.74, 6) is -0.237. The summed E-state index contributed by atoms with van der Waals surface area (Å²) in [6, 6.07) is 14.4. The number of aryl methyl sites for hydroxylation is 1. The molecule has 1 unspecified atom stereocenters. The Hall–Kier alpha value is -3.06. The standard InChI is InChI=1S/C28H36ClNO6/c1-4-9-25(28(33)35-6-3)36-24-18-16-23(17-19-24)30(20-29)26(31)11-8-7-10-21-12-14-22(15-13-21)27(32)34-5-2/h12-19,25H,4-11,20H2,1-3H3. The molecule has 1 amide bonds. The van der Waals surface area contributed by atoms with Gasteiger partial charge in [0.05, 0.1) is 18.8 Å². The summed E-state index contributed by atoms with van der Waals surface area (Å²) in [5.41, 5.74) is 2.30. The molecule has 2 aromatic rings. The molecule has 0 spiro atoms. The van der Waals surface area contributed by atoms with Gasteiger partial charge in [-0.25, -0.2) is 9.59 Å². The van der Waals surface area contributed by atoms with Crippen molar-refractivity contribution in [3.05, 3.63) is 59.7 Å². The van der Waals surface area contributed by atoms with E-state index >= 15 is 0 Å². The third kappa shape index (κ3) is 9.19. The number of anilines is 1. The highest BCUT2D eigenvalue weighted by atomic mass is 35.5. The maximum Gasteiger partial charge on any atom is 0.347 e. The van der Waals surface area contributed by atoms with Gasteiger partial charge in [-0.3, -0.25) is 9.69 Å². The molecule has 0 saturated heterocycles. The number of benzene rings is 2. The molecule has 2 rings (SSSR count).